The summed E-state index contributed by atoms with van der Waals surface area (Å²) in [6, 6.07) is 4.40. The van der Waals surface area contributed by atoms with Crippen molar-refractivity contribution >= 4 is 28.0 Å². The van der Waals surface area contributed by atoms with Crippen LogP contribution in [-0.2, 0) is 35.4 Å². The normalized spacial score (nSPS) is 16.7. The van der Waals surface area contributed by atoms with Gasteiger partial charge in [0.25, 0.3) is 10.1 Å². The van der Waals surface area contributed by atoms with E-state index in [1.54, 1.807) is 6.07 Å². The first-order chi connectivity index (χ1) is 16.0. The number of hydrazine groups is 1. The van der Waals surface area contributed by atoms with Crippen LogP contribution in [0.3, 0.4) is 0 Å². The zero-order valence-corrected chi connectivity index (χ0v) is 19.8. The van der Waals surface area contributed by atoms with Crippen LogP contribution in [-0.4, -0.2) is 54.9 Å². The Labute approximate surface area is 197 Å². The lowest BCUT2D eigenvalue weighted by molar-refractivity contribution is -0.139. The third kappa shape index (κ3) is 8.54. The van der Waals surface area contributed by atoms with Crippen molar-refractivity contribution in [3.63, 3.8) is 0 Å². The van der Waals surface area contributed by atoms with Gasteiger partial charge in [0.1, 0.15) is 18.2 Å². The molecule has 34 heavy (non-hydrogen) atoms. The average Bonchev–Trinajstić information content (AvgIpc) is 3.19. The summed E-state index contributed by atoms with van der Waals surface area (Å²) in [5.41, 5.74) is 2.34. The maximum Gasteiger partial charge on any atom is 0.426 e. The maximum atomic E-state index is 13.8. The van der Waals surface area contributed by atoms with Gasteiger partial charge in [-0.3, -0.25) is 9.59 Å². The zero-order chi connectivity index (χ0) is 25.3. The second-order valence-electron chi connectivity index (χ2n) is 8.44. The number of carbonyl (C=O) groups excluding carboxylic acids is 3. The quantitative estimate of drug-likeness (QED) is 0.306. The van der Waals surface area contributed by atoms with Gasteiger partial charge in [0, 0.05) is 24.4 Å². The van der Waals surface area contributed by atoms with E-state index < -0.39 is 52.3 Å². The van der Waals surface area contributed by atoms with E-state index in [2.05, 4.69) is 15.1 Å². The molecular formula is C21H30FN3O8S. The second kappa shape index (κ2) is 12.6. The summed E-state index contributed by atoms with van der Waals surface area (Å²) in [6.45, 7) is 3.73. The number of amides is 3. The number of carbonyl (C=O) groups is 3. The van der Waals surface area contributed by atoms with E-state index in [0.29, 0.717) is 19.4 Å². The fourth-order valence-corrected chi connectivity index (χ4v) is 4.31. The highest BCUT2D eigenvalue weighted by Crippen LogP contribution is 2.21. The van der Waals surface area contributed by atoms with Gasteiger partial charge in [0.15, 0.2) is 0 Å². The summed E-state index contributed by atoms with van der Waals surface area (Å²) in [7, 11) is -4.50. The van der Waals surface area contributed by atoms with Gasteiger partial charge < -0.3 is 10.1 Å². The van der Waals surface area contributed by atoms with Crippen LogP contribution in [0.5, 0.6) is 0 Å². The number of hydrogen-bond acceptors (Lipinski definition) is 8. The Morgan fingerprint density at radius 1 is 1.32 bits per heavy atom. The SMILES string of the molecule is CC(C)CCC(=O)N(NC(=O)OCc1ccccc1F)[C@@H](CC1CCNC1=O)CS(=O)(=O)OO. The second-order valence-corrected chi connectivity index (χ2v) is 10.0. The van der Waals surface area contributed by atoms with Gasteiger partial charge in [-0.05, 0) is 31.2 Å². The molecule has 1 aliphatic rings. The number of nitrogens with one attached hydrogen (secondary N) is 2. The first-order valence-corrected chi connectivity index (χ1v) is 12.4. The molecule has 1 fully saturated rings. The average molecular weight is 504 g/mol. The topological polar surface area (TPSA) is 151 Å². The predicted molar refractivity (Wildman–Crippen MR) is 118 cm³/mol. The molecule has 11 nitrogen and oxygen atoms in total. The molecule has 13 heteroatoms. The number of hydrogen-bond donors (Lipinski definition) is 3. The van der Waals surface area contributed by atoms with Crippen LogP contribution >= 0.6 is 0 Å². The summed E-state index contributed by atoms with van der Waals surface area (Å²) in [5, 5.41) is 12.2. The molecular weight excluding hydrogens is 473 g/mol. The largest absolute Gasteiger partial charge is 0.443 e. The molecule has 1 aromatic carbocycles. The van der Waals surface area contributed by atoms with Crippen molar-refractivity contribution < 1.29 is 41.5 Å². The highest BCUT2D eigenvalue weighted by molar-refractivity contribution is 7.86. The summed E-state index contributed by atoms with van der Waals surface area (Å²) < 4.78 is 46.4. The molecule has 190 valence electrons. The summed E-state index contributed by atoms with van der Waals surface area (Å²) in [6.07, 6.45) is -0.416. The fourth-order valence-electron chi connectivity index (χ4n) is 3.49. The Morgan fingerprint density at radius 3 is 2.62 bits per heavy atom. The minimum absolute atomic E-state index is 0.0291. The molecule has 1 unspecified atom stereocenters. The van der Waals surface area contributed by atoms with Crippen LogP contribution < -0.4 is 10.7 Å². The fraction of sp³-hybridized carbons (Fsp3) is 0.571. The van der Waals surface area contributed by atoms with Crippen LogP contribution in [0.2, 0.25) is 0 Å². The highest BCUT2D eigenvalue weighted by atomic mass is 32.2. The molecule has 2 rings (SSSR count). The van der Waals surface area contributed by atoms with Crippen molar-refractivity contribution in [2.24, 2.45) is 11.8 Å². The molecule has 1 aromatic rings. The van der Waals surface area contributed by atoms with Crippen molar-refractivity contribution in [3.8, 4) is 0 Å². The van der Waals surface area contributed by atoms with Crippen LogP contribution in [0.1, 0.15) is 45.1 Å². The predicted octanol–water partition coefficient (Wildman–Crippen LogP) is 1.95. The van der Waals surface area contributed by atoms with E-state index in [4.69, 9.17) is 9.99 Å². The Morgan fingerprint density at radius 2 is 2.03 bits per heavy atom. The molecule has 3 amide bonds. The summed E-state index contributed by atoms with van der Waals surface area (Å²) >= 11 is 0. The number of rotatable bonds is 11. The van der Waals surface area contributed by atoms with Gasteiger partial charge >= 0.3 is 6.09 Å². The molecule has 3 N–H and O–H groups in total. The molecule has 0 radical (unpaired) electrons. The molecule has 1 saturated heterocycles. The number of nitrogens with zero attached hydrogens (tertiary/aromatic N) is 1. The molecule has 1 aliphatic heterocycles. The molecule has 0 aromatic heterocycles. The van der Waals surface area contributed by atoms with Crippen molar-refractivity contribution in [2.75, 3.05) is 12.3 Å². The number of benzene rings is 1. The van der Waals surface area contributed by atoms with E-state index in [0.717, 1.165) is 5.01 Å². The van der Waals surface area contributed by atoms with Gasteiger partial charge in [0.2, 0.25) is 11.8 Å². The molecule has 0 bridgehead atoms. The van der Waals surface area contributed by atoms with Gasteiger partial charge in [0.05, 0.1) is 6.04 Å². The Bertz CT molecular complexity index is 973. The van der Waals surface area contributed by atoms with E-state index in [1.165, 1.54) is 18.2 Å². The third-order valence-corrected chi connectivity index (χ3v) is 6.35. The van der Waals surface area contributed by atoms with Gasteiger partial charge in [-0.2, -0.15) is 8.42 Å². The Kier molecular flexibility index (Phi) is 10.2. The summed E-state index contributed by atoms with van der Waals surface area (Å²) in [4.78, 5) is 37.5. The lowest BCUT2D eigenvalue weighted by atomic mass is 9.98. The van der Waals surface area contributed by atoms with E-state index >= 15 is 0 Å². The minimum Gasteiger partial charge on any atom is -0.443 e. The lowest BCUT2D eigenvalue weighted by Gasteiger charge is -2.32. The Balaban J connectivity index is 2.23. The lowest BCUT2D eigenvalue weighted by Crippen LogP contribution is -2.55. The maximum absolute atomic E-state index is 13.8. The molecule has 0 saturated carbocycles. The van der Waals surface area contributed by atoms with Crippen LogP contribution in [0.15, 0.2) is 24.3 Å². The zero-order valence-electron chi connectivity index (χ0n) is 19.0. The minimum atomic E-state index is -4.50. The monoisotopic (exact) mass is 503 g/mol. The van der Waals surface area contributed by atoms with Crippen LogP contribution in [0, 0.1) is 17.7 Å². The van der Waals surface area contributed by atoms with Gasteiger partial charge in [-0.1, -0.05) is 32.0 Å². The van der Waals surface area contributed by atoms with Crippen LogP contribution in [0.25, 0.3) is 0 Å². The Hall–Kier alpha value is -2.77. The molecule has 0 spiro atoms. The van der Waals surface area contributed by atoms with E-state index in [1.807, 2.05) is 13.8 Å². The van der Waals surface area contributed by atoms with Gasteiger partial charge in [-0.25, -0.2) is 24.9 Å². The number of ether oxygens (including phenoxy) is 1. The molecule has 0 aliphatic carbocycles. The van der Waals surface area contributed by atoms with E-state index in [-0.39, 0.29) is 30.2 Å². The number of halogens is 1. The summed E-state index contributed by atoms with van der Waals surface area (Å²) in [5.74, 6) is -2.87. The molecule has 2 atom stereocenters. The van der Waals surface area contributed by atoms with Crippen LogP contribution in [0.4, 0.5) is 9.18 Å². The van der Waals surface area contributed by atoms with Gasteiger partial charge in [-0.15, -0.1) is 4.33 Å². The highest BCUT2D eigenvalue weighted by Gasteiger charge is 2.36. The van der Waals surface area contributed by atoms with Crippen molar-refractivity contribution in [2.45, 2.75) is 52.2 Å². The smallest absolute Gasteiger partial charge is 0.426 e. The van der Waals surface area contributed by atoms with Crippen molar-refractivity contribution in [1.82, 2.24) is 15.8 Å². The standard InChI is InChI=1S/C21H30FN3O8S/c1-14(2)7-8-19(26)25(24-21(28)32-12-16-5-3-4-6-18(16)22)17(13-34(30,31)33-29)11-15-9-10-23-20(15)27/h3-6,14-15,17,29H,7-13H2,1-2H3,(H,23,27)(H,24,28)/t15?,17-/m0/s1. The first-order valence-electron chi connectivity index (χ1n) is 10.8. The third-order valence-electron chi connectivity index (χ3n) is 5.33. The van der Waals surface area contributed by atoms with E-state index in [9.17, 15) is 27.2 Å². The first kappa shape index (κ1) is 27.5. The van der Waals surface area contributed by atoms with Crippen molar-refractivity contribution in [3.05, 3.63) is 35.6 Å². The molecule has 1 heterocycles. The van der Waals surface area contributed by atoms with Crippen molar-refractivity contribution in [1.29, 1.82) is 0 Å².